The lowest BCUT2D eigenvalue weighted by molar-refractivity contribution is 0.422. The molecule has 5 nitrogen and oxygen atoms in total. The maximum absolute atomic E-state index is 12.4. The van der Waals surface area contributed by atoms with Crippen molar-refractivity contribution in [2.45, 2.75) is 48.5 Å². The fourth-order valence-electron chi connectivity index (χ4n) is 2.65. The van der Waals surface area contributed by atoms with Gasteiger partial charge in [0.1, 0.15) is 0 Å². The molecule has 1 heterocycles. The van der Waals surface area contributed by atoms with Crippen LogP contribution in [0.25, 0.3) is 0 Å². The van der Waals surface area contributed by atoms with Gasteiger partial charge >= 0.3 is 0 Å². The number of hydrogen-bond acceptors (Lipinski definition) is 5. The van der Waals surface area contributed by atoms with E-state index < -0.39 is 10.0 Å². The molecule has 1 aromatic rings. The first-order valence-electron chi connectivity index (χ1n) is 7.21. The lowest BCUT2D eigenvalue weighted by Crippen LogP contribution is -2.43. The molecule has 0 saturated heterocycles. The fourth-order valence-corrected chi connectivity index (χ4v) is 4.91. The Morgan fingerprint density at radius 1 is 1.33 bits per heavy atom. The van der Waals surface area contributed by atoms with Gasteiger partial charge in [-0.05, 0) is 37.8 Å². The highest BCUT2D eigenvalue weighted by Crippen LogP contribution is 2.28. The fraction of sp³-hybridized carbons (Fsp3) is 0.643. The number of thioether (sulfide) groups is 1. The highest BCUT2D eigenvalue weighted by Gasteiger charge is 2.29. The molecular formula is C14H23N3O2S2. The average Bonchev–Trinajstić information content (AvgIpc) is 2.48. The summed E-state index contributed by atoms with van der Waals surface area (Å²) in [6.07, 6.45) is 7.89. The Kier molecular flexibility index (Phi) is 6.04. The van der Waals surface area contributed by atoms with Crippen molar-refractivity contribution in [1.82, 2.24) is 15.0 Å². The second-order valence-electron chi connectivity index (χ2n) is 5.32. The van der Waals surface area contributed by atoms with E-state index in [1.807, 2.05) is 13.3 Å². The predicted octanol–water partition coefficient (Wildman–Crippen LogP) is 1.75. The summed E-state index contributed by atoms with van der Waals surface area (Å²) in [5.74, 6) is 0. The second-order valence-corrected chi connectivity index (χ2v) is 8.06. The summed E-state index contributed by atoms with van der Waals surface area (Å²) < 4.78 is 27.7. The summed E-state index contributed by atoms with van der Waals surface area (Å²) in [6.45, 7) is 0.679. The molecule has 2 unspecified atom stereocenters. The quantitative estimate of drug-likeness (QED) is 0.832. The molecule has 0 aliphatic heterocycles. The van der Waals surface area contributed by atoms with Gasteiger partial charge in [-0.1, -0.05) is 18.9 Å². The minimum atomic E-state index is -3.53. The molecule has 0 radical (unpaired) electrons. The second kappa shape index (κ2) is 7.58. The molecule has 0 aromatic carbocycles. The first kappa shape index (κ1) is 16.7. The molecule has 0 spiro atoms. The number of sulfonamides is 1. The van der Waals surface area contributed by atoms with Gasteiger partial charge in [0.25, 0.3) is 10.0 Å². The van der Waals surface area contributed by atoms with Gasteiger partial charge in [-0.2, -0.15) is 11.8 Å². The molecule has 1 aromatic heterocycles. The molecule has 1 saturated carbocycles. The maximum atomic E-state index is 12.4. The molecule has 1 aliphatic carbocycles. The maximum Gasteiger partial charge on any atom is 0.258 e. The summed E-state index contributed by atoms with van der Waals surface area (Å²) in [7, 11) is -1.68. The third-order valence-corrected chi connectivity index (χ3v) is 6.34. The van der Waals surface area contributed by atoms with Crippen molar-refractivity contribution in [2.75, 3.05) is 13.3 Å². The zero-order chi connectivity index (χ0) is 15.3. The number of nitrogens with one attached hydrogen (secondary N) is 2. The van der Waals surface area contributed by atoms with Gasteiger partial charge in [-0.15, -0.1) is 0 Å². The summed E-state index contributed by atoms with van der Waals surface area (Å²) in [6, 6.07) is 3.38. The van der Waals surface area contributed by atoms with Gasteiger partial charge < -0.3 is 5.32 Å². The molecule has 0 bridgehead atoms. The first-order valence-corrected chi connectivity index (χ1v) is 9.98. The van der Waals surface area contributed by atoms with E-state index in [-0.39, 0.29) is 11.1 Å². The van der Waals surface area contributed by atoms with Gasteiger partial charge in [0.2, 0.25) is 0 Å². The minimum absolute atomic E-state index is 0.0116. The highest BCUT2D eigenvalue weighted by atomic mass is 32.2. The molecule has 2 atom stereocenters. The zero-order valence-corrected chi connectivity index (χ0v) is 14.1. The van der Waals surface area contributed by atoms with E-state index in [4.69, 9.17) is 0 Å². The summed E-state index contributed by atoms with van der Waals surface area (Å²) in [5.41, 5.74) is 0.969. The van der Waals surface area contributed by atoms with E-state index >= 15 is 0 Å². The van der Waals surface area contributed by atoms with Gasteiger partial charge in [0.05, 0.1) is 0 Å². The Labute approximate surface area is 131 Å². The Morgan fingerprint density at radius 3 is 2.71 bits per heavy atom. The molecule has 2 N–H and O–H groups in total. The third-order valence-electron chi connectivity index (χ3n) is 3.77. The van der Waals surface area contributed by atoms with Crippen molar-refractivity contribution in [3.8, 4) is 0 Å². The topological polar surface area (TPSA) is 71.1 Å². The van der Waals surface area contributed by atoms with Crippen molar-refractivity contribution in [2.24, 2.45) is 0 Å². The van der Waals surface area contributed by atoms with E-state index in [0.717, 1.165) is 24.8 Å². The van der Waals surface area contributed by atoms with Crippen LogP contribution in [0.2, 0.25) is 0 Å². The Hall–Kier alpha value is -0.630. The monoisotopic (exact) mass is 329 g/mol. The summed E-state index contributed by atoms with van der Waals surface area (Å²) in [4.78, 5) is 4.09. The van der Waals surface area contributed by atoms with Gasteiger partial charge in [-0.3, -0.25) is 0 Å². The van der Waals surface area contributed by atoms with Crippen LogP contribution in [-0.2, 0) is 16.6 Å². The molecule has 7 heteroatoms. The van der Waals surface area contributed by atoms with Crippen LogP contribution in [0.15, 0.2) is 23.4 Å². The Bertz CT molecular complexity index is 546. The van der Waals surface area contributed by atoms with E-state index in [9.17, 15) is 8.42 Å². The van der Waals surface area contributed by atoms with Crippen LogP contribution < -0.4 is 10.0 Å². The van der Waals surface area contributed by atoms with Crippen molar-refractivity contribution in [3.05, 3.63) is 23.9 Å². The largest absolute Gasteiger partial charge is 0.316 e. The van der Waals surface area contributed by atoms with Gasteiger partial charge in [0, 0.05) is 24.0 Å². The number of rotatable bonds is 6. The molecular weight excluding hydrogens is 306 g/mol. The van der Waals surface area contributed by atoms with Crippen molar-refractivity contribution < 1.29 is 8.42 Å². The zero-order valence-electron chi connectivity index (χ0n) is 12.5. The van der Waals surface area contributed by atoms with E-state index in [0.29, 0.717) is 11.8 Å². The predicted molar refractivity (Wildman–Crippen MR) is 86.9 cm³/mol. The van der Waals surface area contributed by atoms with Crippen LogP contribution in [0.1, 0.15) is 31.2 Å². The normalized spacial score (nSPS) is 23.1. The smallest absolute Gasteiger partial charge is 0.258 e. The Balaban J connectivity index is 2.10. The highest BCUT2D eigenvalue weighted by molar-refractivity contribution is 7.99. The Morgan fingerprint density at radius 2 is 2.10 bits per heavy atom. The molecule has 2 rings (SSSR count). The lowest BCUT2D eigenvalue weighted by atomic mass is 9.96. The van der Waals surface area contributed by atoms with Crippen molar-refractivity contribution in [3.63, 3.8) is 0 Å². The van der Waals surface area contributed by atoms with Crippen LogP contribution in [0.5, 0.6) is 0 Å². The molecule has 0 amide bonds. The van der Waals surface area contributed by atoms with Crippen molar-refractivity contribution >= 4 is 21.8 Å². The number of pyridine rings is 1. The van der Waals surface area contributed by atoms with Gasteiger partial charge in [0.15, 0.2) is 5.03 Å². The lowest BCUT2D eigenvalue weighted by Gasteiger charge is -2.30. The van der Waals surface area contributed by atoms with E-state index in [2.05, 4.69) is 15.0 Å². The standard InChI is InChI=1S/C14H23N3O2S2/c1-15-9-11-7-8-14(16-10-11)21(18,19)17-12-5-3-4-6-13(12)20-2/h7-8,10,12-13,15,17H,3-6,9H2,1-2H3. The molecule has 1 aliphatic rings. The average molecular weight is 329 g/mol. The molecule has 1 fully saturated rings. The summed E-state index contributed by atoms with van der Waals surface area (Å²) in [5, 5.41) is 3.48. The van der Waals surface area contributed by atoms with E-state index in [1.165, 1.54) is 6.42 Å². The first-order chi connectivity index (χ1) is 10.1. The van der Waals surface area contributed by atoms with Crippen LogP contribution in [0.3, 0.4) is 0 Å². The minimum Gasteiger partial charge on any atom is -0.316 e. The van der Waals surface area contributed by atoms with Crippen LogP contribution in [0.4, 0.5) is 0 Å². The van der Waals surface area contributed by atoms with Crippen molar-refractivity contribution in [1.29, 1.82) is 0 Å². The molecule has 118 valence electrons. The SMILES string of the molecule is CNCc1ccc(S(=O)(=O)NC2CCCCC2SC)nc1. The molecule has 21 heavy (non-hydrogen) atoms. The van der Waals surface area contributed by atoms with Crippen LogP contribution >= 0.6 is 11.8 Å². The van der Waals surface area contributed by atoms with Crippen LogP contribution in [-0.4, -0.2) is 38.0 Å². The number of aromatic nitrogens is 1. The van der Waals surface area contributed by atoms with Crippen LogP contribution in [0, 0.1) is 0 Å². The number of hydrogen-bond donors (Lipinski definition) is 2. The summed E-state index contributed by atoms with van der Waals surface area (Å²) >= 11 is 1.74. The number of nitrogens with zero attached hydrogens (tertiary/aromatic N) is 1. The van der Waals surface area contributed by atoms with Gasteiger partial charge in [-0.25, -0.2) is 18.1 Å². The third kappa shape index (κ3) is 4.42. The van der Waals surface area contributed by atoms with E-state index in [1.54, 1.807) is 30.1 Å².